The summed E-state index contributed by atoms with van der Waals surface area (Å²) in [7, 11) is 0. The van der Waals surface area contributed by atoms with Crippen LogP contribution in [-0.2, 0) is 4.79 Å². The Labute approximate surface area is 136 Å². The first-order chi connectivity index (χ1) is 10.1. The summed E-state index contributed by atoms with van der Waals surface area (Å²) in [5.74, 6) is 2.29. The van der Waals surface area contributed by atoms with E-state index in [2.05, 4.69) is 35.8 Å². The summed E-state index contributed by atoms with van der Waals surface area (Å²) in [6.07, 6.45) is 7.98. The van der Waals surface area contributed by atoms with E-state index < -0.39 is 0 Å². The van der Waals surface area contributed by atoms with Gasteiger partial charge < -0.3 is 9.53 Å². The molecule has 0 radical (unpaired) electrons. The summed E-state index contributed by atoms with van der Waals surface area (Å²) in [5, 5.41) is 0. The molecule has 0 heterocycles. The average Bonchev–Trinajstić information content (AvgIpc) is 2.46. The molecule has 1 aliphatic carbocycles. The second-order valence-corrected chi connectivity index (χ2v) is 7.22. The number of carbonyl (C=O) groups is 1. The van der Waals surface area contributed by atoms with Crippen LogP contribution in [0.3, 0.4) is 0 Å². The van der Waals surface area contributed by atoms with Gasteiger partial charge in [-0.15, -0.1) is 0 Å². The van der Waals surface area contributed by atoms with Gasteiger partial charge in [-0.1, -0.05) is 28.9 Å². The van der Waals surface area contributed by atoms with Gasteiger partial charge in [0, 0.05) is 16.5 Å². The minimum atomic E-state index is 0.343. The number of rotatable bonds is 6. The van der Waals surface area contributed by atoms with Crippen molar-refractivity contribution in [3.8, 4) is 5.75 Å². The van der Waals surface area contributed by atoms with E-state index >= 15 is 0 Å². The van der Waals surface area contributed by atoms with Crippen molar-refractivity contribution in [1.82, 2.24) is 0 Å². The van der Waals surface area contributed by atoms with Crippen LogP contribution in [-0.4, -0.2) is 12.4 Å². The summed E-state index contributed by atoms with van der Waals surface area (Å²) in [5.41, 5.74) is 1.18. The zero-order valence-corrected chi connectivity index (χ0v) is 14.6. The van der Waals surface area contributed by atoms with Crippen molar-refractivity contribution in [2.24, 2.45) is 11.8 Å². The molecule has 2 nitrogen and oxygen atoms in total. The molecule has 1 saturated carbocycles. The Morgan fingerprint density at radius 3 is 2.71 bits per heavy atom. The largest absolute Gasteiger partial charge is 0.490 e. The van der Waals surface area contributed by atoms with Crippen LogP contribution in [0.1, 0.15) is 51.0 Å². The lowest BCUT2D eigenvalue weighted by molar-refractivity contribution is -0.108. The Morgan fingerprint density at radius 1 is 1.33 bits per heavy atom. The van der Waals surface area contributed by atoms with Crippen molar-refractivity contribution in [1.29, 1.82) is 0 Å². The highest BCUT2D eigenvalue weighted by Crippen LogP contribution is 2.34. The maximum Gasteiger partial charge on any atom is 0.123 e. The third-order valence-electron chi connectivity index (χ3n) is 4.54. The van der Waals surface area contributed by atoms with Gasteiger partial charge in [0.15, 0.2) is 0 Å². The molecule has 0 amide bonds. The highest BCUT2D eigenvalue weighted by molar-refractivity contribution is 9.10. The quantitative estimate of drug-likeness (QED) is 0.648. The number of aldehydes is 1. The molecule has 21 heavy (non-hydrogen) atoms. The zero-order valence-electron chi connectivity index (χ0n) is 13.0. The molecule has 0 unspecified atom stereocenters. The predicted molar refractivity (Wildman–Crippen MR) is 89.7 cm³/mol. The van der Waals surface area contributed by atoms with Crippen molar-refractivity contribution in [2.45, 2.75) is 58.5 Å². The van der Waals surface area contributed by atoms with Crippen LogP contribution in [0.15, 0.2) is 22.7 Å². The Kier molecular flexibility index (Phi) is 6.28. The van der Waals surface area contributed by atoms with Gasteiger partial charge in [-0.25, -0.2) is 0 Å². The number of hydrogen-bond acceptors (Lipinski definition) is 2. The van der Waals surface area contributed by atoms with Gasteiger partial charge in [0.1, 0.15) is 12.0 Å². The monoisotopic (exact) mass is 352 g/mol. The molecule has 1 aromatic rings. The minimum Gasteiger partial charge on any atom is -0.490 e. The molecule has 0 spiro atoms. The average molecular weight is 353 g/mol. The highest BCUT2D eigenvalue weighted by Gasteiger charge is 2.24. The van der Waals surface area contributed by atoms with Crippen molar-refractivity contribution in [2.75, 3.05) is 0 Å². The van der Waals surface area contributed by atoms with Crippen LogP contribution in [0.4, 0.5) is 0 Å². The smallest absolute Gasteiger partial charge is 0.123 e. The molecule has 0 N–H and O–H groups in total. The van der Waals surface area contributed by atoms with Crippen molar-refractivity contribution in [3.63, 3.8) is 0 Å². The fourth-order valence-corrected chi connectivity index (χ4v) is 3.56. The summed E-state index contributed by atoms with van der Waals surface area (Å²) >= 11 is 3.55. The van der Waals surface area contributed by atoms with E-state index in [-0.39, 0.29) is 0 Å². The lowest BCUT2D eigenvalue weighted by Crippen LogP contribution is -2.25. The fraction of sp³-hybridized carbons (Fsp3) is 0.611. The molecule has 1 aromatic carbocycles. The molecule has 0 aliphatic heterocycles. The van der Waals surface area contributed by atoms with E-state index in [9.17, 15) is 4.79 Å². The van der Waals surface area contributed by atoms with Gasteiger partial charge in [-0.05, 0) is 63.0 Å². The lowest BCUT2D eigenvalue weighted by Gasteiger charge is -2.30. The van der Waals surface area contributed by atoms with Crippen LogP contribution >= 0.6 is 15.9 Å². The minimum absolute atomic E-state index is 0.343. The Bertz CT molecular complexity index is 464. The molecule has 1 fully saturated rings. The third-order valence-corrected chi connectivity index (χ3v) is 5.40. The SMILES string of the molecule is Cc1c(Br)cccc1OC1CCC(C[C@H](C)CC=O)CC1. The number of halogens is 1. The molecular weight excluding hydrogens is 328 g/mol. The van der Waals surface area contributed by atoms with E-state index in [0.29, 0.717) is 18.4 Å². The topological polar surface area (TPSA) is 26.3 Å². The van der Waals surface area contributed by atoms with Gasteiger partial charge in [-0.3, -0.25) is 0 Å². The Morgan fingerprint density at radius 2 is 2.05 bits per heavy atom. The van der Waals surface area contributed by atoms with Gasteiger partial charge in [0.2, 0.25) is 0 Å². The summed E-state index contributed by atoms with van der Waals surface area (Å²) in [6.45, 7) is 4.27. The first-order valence-corrected chi connectivity index (χ1v) is 8.74. The van der Waals surface area contributed by atoms with E-state index in [1.54, 1.807) is 0 Å². The predicted octanol–water partition coefficient (Wildman–Crippen LogP) is 5.31. The van der Waals surface area contributed by atoms with Crippen LogP contribution in [0.25, 0.3) is 0 Å². The third kappa shape index (κ3) is 4.84. The number of ether oxygens (including phenoxy) is 1. The fourth-order valence-electron chi connectivity index (χ4n) is 3.21. The van der Waals surface area contributed by atoms with Gasteiger partial charge in [-0.2, -0.15) is 0 Å². The standard InChI is InChI=1S/C18H25BrO2/c1-13(10-11-20)12-15-6-8-16(9-7-15)21-18-5-3-4-17(19)14(18)2/h3-5,11,13,15-16H,6-10,12H2,1-2H3/t13-,15?,16?/m1/s1. The first-order valence-electron chi connectivity index (χ1n) is 7.95. The Balaban J connectivity index is 1.81. The van der Waals surface area contributed by atoms with Gasteiger partial charge >= 0.3 is 0 Å². The van der Waals surface area contributed by atoms with E-state index in [1.807, 2.05) is 12.1 Å². The zero-order chi connectivity index (χ0) is 15.2. The maximum atomic E-state index is 10.5. The molecule has 116 valence electrons. The maximum absolute atomic E-state index is 10.5. The molecule has 0 bridgehead atoms. The normalized spacial score (nSPS) is 23.6. The number of carbonyl (C=O) groups excluding carboxylic acids is 1. The molecule has 1 atom stereocenters. The van der Waals surface area contributed by atoms with Crippen LogP contribution < -0.4 is 4.74 Å². The van der Waals surface area contributed by atoms with Gasteiger partial charge in [0.05, 0.1) is 6.10 Å². The second-order valence-electron chi connectivity index (χ2n) is 6.37. The summed E-state index contributed by atoms with van der Waals surface area (Å²) in [6, 6.07) is 6.13. The highest BCUT2D eigenvalue weighted by atomic mass is 79.9. The molecule has 0 saturated heterocycles. The van der Waals surface area contributed by atoms with Crippen molar-refractivity contribution >= 4 is 22.2 Å². The summed E-state index contributed by atoms with van der Waals surface area (Å²) in [4.78, 5) is 10.5. The Hall–Kier alpha value is -0.830. The van der Waals surface area contributed by atoms with Crippen LogP contribution in [0.2, 0.25) is 0 Å². The van der Waals surface area contributed by atoms with E-state index in [1.165, 1.54) is 24.8 Å². The van der Waals surface area contributed by atoms with Gasteiger partial charge in [0.25, 0.3) is 0 Å². The molecular formula is C18H25BrO2. The van der Waals surface area contributed by atoms with Crippen LogP contribution in [0, 0.1) is 18.8 Å². The second kappa shape index (κ2) is 7.98. The number of hydrogen-bond donors (Lipinski definition) is 0. The van der Waals surface area contributed by atoms with Crippen LogP contribution in [0.5, 0.6) is 5.75 Å². The number of benzene rings is 1. The summed E-state index contributed by atoms with van der Waals surface area (Å²) < 4.78 is 7.29. The van der Waals surface area contributed by atoms with Crippen molar-refractivity contribution < 1.29 is 9.53 Å². The lowest BCUT2D eigenvalue weighted by atomic mass is 9.81. The molecule has 1 aliphatic rings. The molecule has 0 aromatic heterocycles. The first kappa shape index (κ1) is 16.5. The van der Waals surface area contributed by atoms with E-state index in [4.69, 9.17) is 4.74 Å². The molecule has 3 heteroatoms. The van der Waals surface area contributed by atoms with Crippen molar-refractivity contribution in [3.05, 3.63) is 28.2 Å². The molecule has 2 rings (SSSR count). The van der Waals surface area contributed by atoms with E-state index in [0.717, 1.165) is 35.3 Å².